The van der Waals surface area contributed by atoms with Crippen molar-refractivity contribution in [3.05, 3.63) is 41.4 Å². The highest BCUT2D eigenvalue weighted by Crippen LogP contribution is 2.27. The highest BCUT2D eigenvalue weighted by Gasteiger charge is 2.20. The number of amides is 1. The van der Waals surface area contributed by atoms with Gasteiger partial charge in [-0.3, -0.25) is 4.79 Å². The summed E-state index contributed by atoms with van der Waals surface area (Å²) in [4.78, 5) is 16.3. The third-order valence-corrected chi connectivity index (χ3v) is 4.63. The summed E-state index contributed by atoms with van der Waals surface area (Å²) in [7, 11) is 0. The van der Waals surface area contributed by atoms with E-state index >= 15 is 0 Å². The van der Waals surface area contributed by atoms with E-state index < -0.39 is 0 Å². The van der Waals surface area contributed by atoms with Crippen molar-refractivity contribution in [1.29, 1.82) is 0 Å². The molecule has 1 heterocycles. The topological polar surface area (TPSA) is 54.0 Å². The summed E-state index contributed by atoms with van der Waals surface area (Å²) in [5, 5.41) is 9.24. The molecule has 0 bridgehead atoms. The summed E-state index contributed by atoms with van der Waals surface area (Å²) in [6.45, 7) is 2.03. The summed E-state index contributed by atoms with van der Waals surface area (Å²) >= 11 is 1.65. The fraction of sp³-hybridized carbons (Fsp3) is 0.412. The summed E-state index contributed by atoms with van der Waals surface area (Å²) in [5.41, 5.74) is 2.18. The molecule has 1 fully saturated rings. The number of rotatable bonds is 8. The number of halogens is 1. The van der Waals surface area contributed by atoms with Gasteiger partial charge in [0.25, 0.3) is 0 Å². The Hall–Kier alpha value is -1.43. The highest BCUT2D eigenvalue weighted by atomic mass is 35.5. The molecule has 124 valence electrons. The molecule has 1 aliphatic rings. The van der Waals surface area contributed by atoms with Crippen molar-refractivity contribution in [2.75, 3.05) is 19.6 Å². The van der Waals surface area contributed by atoms with Gasteiger partial charge in [0.15, 0.2) is 0 Å². The van der Waals surface area contributed by atoms with Crippen LogP contribution in [0.2, 0.25) is 0 Å². The third kappa shape index (κ3) is 5.94. The van der Waals surface area contributed by atoms with E-state index in [9.17, 15) is 4.79 Å². The van der Waals surface area contributed by atoms with Crippen LogP contribution in [-0.4, -0.2) is 30.5 Å². The monoisotopic (exact) mass is 351 g/mol. The van der Waals surface area contributed by atoms with Crippen LogP contribution in [0.15, 0.2) is 35.7 Å². The first-order valence-electron chi connectivity index (χ1n) is 7.78. The van der Waals surface area contributed by atoms with E-state index in [1.54, 1.807) is 11.3 Å². The van der Waals surface area contributed by atoms with Crippen LogP contribution in [0.1, 0.15) is 18.5 Å². The first-order valence-corrected chi connectivity index (χ1v) is 8.66. The minimum absolute atomic E-state index is 0. The zero-order valence-electron chi connectivity index (χ0n) is 13.0. The van der Waals surface area contributed by atoms with Crippen molar-refractivity contribution in [2.45, 2.75) is 19.3 Å². The molecule has 0 aliphatic heterocycles. The van der Waals surface area contributed by atoms with Crippen LogP contribution in [-0.2, 0) is 11.2 Å². The maximum Gasteiger partial charge on any atom is 0.233 e. The smallest absolute Gasteiger partial charge is 0.233 e. The van der Waals surface area contributed by atoms with Crippen LogP contribution in [0.3, 0.4) is 0 Å². The fourth-order valence-corrected chi connectivity index (χ4v) is 3.10. The van der Waals surface area contributed by atoms with Crippen LogP contribution >= 0.6 is 23.7 Å². The van der Waals surface area contributed by atoms with Gasteiger partial charge in [-0.15, -0.1) is 23.7 Å². The molecule has 1 saturated carbocycles. The van der Waals surface area contributed by atoms with E-state index in [0.29, 0.717) is 13.1 Å². The summed E-state index contributed by atoms with van der Waals surface area (Å²) < 4.78 is 0. The van der Waals surface area contributed by atoms with Gasteiger partial charge in [0.2, 0.25) is 5.91 Å². The lowest BCUT2D eigenvalue weighted by Gasteiger charge is -2.05. The second kappa shape index (κ2) is 9.01. The van der Waals surface area contributed by atoms with E-state index in [-0.39, 0.29) is 18.3 Å². The van der Waals surface area contributed by atoms with Gasteiger partial charge in [-0.05, 0) is 25.3 Å². The Morgan fingerprint density at radius 3 is 2.78 bits per heavy atom. The van der Waals surface area contributed by atoms with Crippen LogP contribution in [0, 0.1) is 5.92 Å². The molecular formula is C17H22ClN3OS. The lowest BCUT2D eigenvalue weighted by Crippen LogP contribution is -2.35. The minimum atomic E-state index is 0. The molecular weight excluding hydrogens is 330 g/mol. The maximum atomic E-state index is 11.7. The van der Waals surface area contributed by atoms with Crippen LogP contribution in [0.5, 0.6) is 0 Å². The van der Waals surface area contributed by atoms with Crippen LogP contribution in [0.25, 0.3) is 10.6 Å². The van der Waals surface area contributed by atoms with Gasteiger partial charge in [-0.1, -0.05) is 30.3 Å². The van der Waals surface area contributed by atoms with Gasteiger partial charge in [-0.2, -0.15) is 0 Å². The quantitative estimate of drug-likeness (QED) is 0.769. The van der Waals surface area contributed by atoms with Crippen molar-refractivity contribution in [1.82, 2.24) is 15.6 Å². The Balaban J connectivity index is 0.00000192. The first kappa shape index (κ1) is 17.9. The lowest BCUT2D eigenvalue weighted by atomic mass is 10.2. The van der Waals surface area contributed by atoms with Gasteiger partial charge < -0.3 is 10.6 Å². The minimum Gasteiger partial charge on any atom is -0.355 e. The standard InChI is InChI=1S/C17H21N3OS.ClH/c21-16(11-18-10-13-6-7-13)19-9-8-15-12-22-17(20-15)14-4-2-1-3-5-14;/h1-5,12-13,18H,6-11H2,(H,19,21);1H. The fourth-order valence-electron chi connectivity index (χ4n) is 2.24. The Bertz CT molecular complexity index is 613. The van der Waals surface area contributed by atoms with Crippen molar-refractivity contribution < 1.29 is 4.79 Å². The molecule has 0 radical (unpaired) electrons. The van der Waals surface area contributed by atoms with Crippen LogP contribution in [0.4, 0.5) is 0 Å². The maximum absolute atomic E-state index is 11.7. The number of thiazole rings is 1. The number of carbonyl (C=O) groups excluding carboxylic acids is 1. The van der Waals surface area contributed by atoms with Gasteiger partial charge in [0.05, 0.1) is 12.2 Å². The molecule has 2 N–H and O–H groups in total. The van der Waals surface area contributed by atoms with Crippen molar-refractivity contribution in [2.24, 2.45) is 5.92 Å². The molecule has 4 nitrogen and oxygen atoms in total. The molecule has 6 heteroatoms. The van der Waals surface area contributed by atoms with E-state index in [4.69, 9.17) is 0 Å². The summed E-state index contributed by atoms with van der Waals surface area (Å²) in [6.07, 6.45) is 3.39. The molecule has 1 amide bonds. The van der Waals surface area contributed by atoms with Crippen molar-refractivity contribution in [3.63, 3.8) is 0 Å². The molecule has 0 atom stereocenters. The molecule has 1 aliphatic carbocycles. The average Bonchev–Trinajstić information content (AvgIpc) is 3.24. The molecule has 3 rings (SSSR count). The van der Waals surface area contributed by atoms with E-state index in [1.807, 2.05) is 18.2 Å². The zero-order valence-corrected chi connectivity index (χ0v) is 14.6. The largest absolute Gasteiger partial charge is 0.355 e. The van der Waals surface area contributed by atoms with Gasteiger partial charge in [-0.25, -0.2) is 4.98 Å². The zero-order chi connectivity index (χ0) is 15.2. The molecule has 0 unspecified atom stereocenters. The van der Waals surface area contributed by atoms with Crippen LogP contribution < -0.4 is 10.6 Å². The number of benzene rings is 1. The third-order valence-electron chi connectivity index (χ3n) is 3.69. The van der Waals surface area contributed by atoms with E-state index in [1.165, 1.54) is 12.8 Å². The Labute approximate surface area is 147 Å². The van der Waals surface area contributed by atoms with E-state index in [2.05, 4.69) is 33.1 Å². The molecule has 1 aromatic heterocycles. The Morgan fingerprint density at radius 1 is 1.26 bits per heavy atom. The predicted molar refractivity (Wildman–Crippen MR) is 97.1 cm³/mol. The summed E-state index contributed by atoms with van der Waals surface area (Å²) in [6, 6.07) is 10.2. The van der Waals surface area contributed by atoms with Crippen molar-refractivity contribution in [3.8, 4) is 10.6 Å². The Kier molecular flexibility index (Phi) is 7.02. The SMILES string of the molecule is Cl.O=C(CNCC1CC1)NCCc1csc(-c2ccccc2)n1. The normalized spacial score (nSPS) is 13.4. The summed E-state index contributed by atoms with van der Waals surface area (Å²) in [5.74, 6) is 0.873. The Morgan fingerprint density at radius 2 is 2.04 bits per heavy atom. The van der Waals surface area contributed by atoms with Crippen molar-refractivity contribution >= 4 is 29.7 Å². The molecule has 2 aromatic rings. The molecule has 0 spiro atoms. The molecule has 1 aromatic carbocycles. The number of hydrogen-bond acceptors (Lipinski definition) is 4. The number of hydrogen-bond donors (Lipinski definition) is 2. The van der Waals surface area contributed by atoms with Gasteiger partial charge in [0.1, 0.15) is 5.01 Å². The van der Waals surface area contributed by atoms with E-state index in [0.717, 1.165) is 35.1 Å². The number of carbonyl (C=O) groups is 1. The second-order valence-corrected chi connectivity index (χ2v) is 6.54. The highest BCUT2D eigenvalue weighted by molar-refractivity contribution is 7.13. The predicted octanol–water partition coefficient (Wildman–Crippen LogP) is 2.89. The average molecular weight is 352 g/mol. The number of aromatic nitrogens is 1. The second-order valence-electron chi connectivity index (χ2n) is 5.68. The lowest BCUT2D eigenvalue weighted by molar-refractivity contribution is -0.120. The first-order chi connectivity index (χ1) is 10.8. The van der Waals surface area contributed by atoms with Gasteiger partial charge in [0, 0.05) is 23.9 Å². The number of nitrogens with one attached hydrogen (secondary N) is 2. The van der Waals surface area contributed by atoms with Gasteiger partial charge >= 0.3 is 0 Å². The molecule has 23 heavy (non-hydrogen) atoms. The molecule has 0 saturated heterocycles. The number of nitrogens with zero attached hydrogens (tertiary/aromatic N) is 1.